The third kappa shape index (κ3) is 5.98. The summed E-state index contributed by atoms with van der Waals surface area (Å²) >= 11 is 0. The molecule has 2 nitrogen and oxygen atoms in total. The van der Waals surface area contributed by atoms with E-state index in [4.69, 9.17) is 4.74 Å². The minimum absolute atomic E-state index is 0.832. The van der Waals surface area contributed by atoms with Gasteiger partial charge in [-0.3, -0.25) is 0 Å². The van der Waals surface area contributed by atoms with Gasteiger partial charge in [-0.15, -0.1) is 0 Å². The number of methoxy groups -OCH3 is 1. The van der Waals surface area contributed by atoms with Crippen LogP contribution in [0.5, 0.6) is 5.75 Å². The monoisotopic (exact) mass is 529 g/mol. The van der Waals surface area contributed by atoms with Gasteiger partial charge in [-0.05, 0) is 69.8 Å². The van der Waals surface area contributed by atoms with Crippen LogP contribution in [0, 0.1) is 0 Å². The molecule has 198 valence electrons. The molecular formula is C39H31NO. The molecule has 6 aromatic carbocycles. The zero-order valence-corrected chi connectivity index (χ0v) is 23.0. The van der Waals surface area contributed by atoms with Gasteiger partial charge >= 0.3 is 0 Å². The number of anilines is 2. The van der Waals surface area contributed by atoms with Crippen LogP contribution < -0.4 is 9.64 Å². The average Bonchev–Trinajstić information content (AvgIpc) is 3.07. The Hall–Kier alpha value is -5.34. The molecule has 41 heavy (non-hydrogen) atoms. The Kier molecular flexibility index (Phi) is 7.73. The van der Waals surface area contributed by atoms with E-state index < -0.39 is 0 Å². The summed E-state index contributed by atoms with van der Waals surface area (Å²) in [6.45, 7) is 0. The SMILES string of the molecule is COc1ccc(N(C=C(c2ccccc2)c2ccccc2)c2ccc(-c3ccc(-c4ccccc4)cc3)cc2)cc1. The van der Waals surface area contributed by atoms with Crippen molar-refractivity contribution in [2.75, 3.05) is 12.0 Å². The van der Waals surface area contributed by atoms with Crippen LogP contribution in [0.2, 0.25) is 0 Å². The normalized spacial score (nSPS) is 10.6. The van der Waals surface area contributed by atoms with Gasteiger partial charge in [0.25, 0.3) is 0 Å². The molecular weight excluding hydrogens is 498 g/mol. The van der Waals surface area contributed by atoms with E-state index in [1.54, 1.807) is 7.11 Å². The van der Waals surface area contributed by atoms with Crippen LogP contribution in [0.1, 0.15) is 11.1 Å². The molecule has 0 spiro atoms. The van der Waals surface area contributed by atoms with Crippen molar-refractivity contribution < 1.29 is 4.74 Å². The van der Waals surface area contributed by atoms with Crippen molar-refractivity contribution in [3.05, 3.63) is 181 Å². The summed E-state index contributed by atoms with van der Waals surface area (Å²) in [6.07, 6.45) is 2.23. The maximum Gasteiger partial charge on any atom is 0.119 e. The molecule has 0 aliphatic rings. The summed E-state index contributed by atoms with van der Waals surface area (Å²) in [6, 6.07) is 57.3. The topological polar surface area (TPSA) is 12.5 Å². The van der Waals surface area contributed by atoms with Crippen molar-refractivity contribution in [1.29, 1.82) is 0 Å². The molecule has 0 aliphatic carbocycles. The lowest BCUT2D eigenvalue weighted by Gasteiger charge is -2.24. The van der Waals surface area contributed by atoms with Crippen molar-refractivity contribution >= 4 is 16.9 Å². The van der Waals surface area contributed by atoms with Gasteiger partial charge in [0.1, 0.15) is 5.75 Å². The molecule has 0 bridgehead atoms. The summed E-state index contributed by atoms with van der Waals surface area (Å²) < 4.78 is 5.44. The molecule has 0 aliphatic heterocycles. The van der Waals surface area contributed by atoms with Gasteiger partial charge in [0.15, 0.2) is 0 Å². The van der Waals surface area contributed by atoms with Crippen LogP contribution in [0.4, 0.5) is 11.4 Å². The molecule has 6 rings (SSSR count). The Balaban J connectivity index is 1.39. The fourth-order valence-corrected chi connectivity index (χ4v) is 5.02. The van der Waals surface area contributed by atoms with E-state index in [1.165, 1.54) is 22.3 Å². The highest BCUT2D eigenvalue weighted by molar-refractivity contribution is 5.84. The van der Waals surface area contributed by atoms with E-state index >= 15 is 0 Å². The van der Waals surface area contributed by atoms with Gasteiger partial charge in [0.05, 0.1) is 7.11 Å². The second kappa shape index (κ2) is 12.2. The molecule has 0 atom stereocenters. The van der Waals surface area contributed by atoms with Gasteiger partial charge in [0, 0.05) is 23.1 Å². The minimum atomic E-state index is 0.832. The van der Waals surface area contributed by atoms with Crippen LogP contribution in [-0.2, 0) is 0 Å². The van der Waals surface area contributed by atoms with Crippen molar-refractivity contribution in [1.82, 2.24) is 0 Å². The van der Waals surface area contributed by atoms with E-state index in [0.29, 0.717) is 0 Å². The zero-order valence-electron chi connectivity index (χ0n) is 23.0. The van der Waals surface area contributed by atoms with Gasteiger partial charge in [-0.1, -0.05) is 127 Å². The van der Waals surface area contributed by atoms with Crippen LogP contribution in [-0.4, -0.2) is 7.11 Å². The van der Waals surface area contributed by atoms with Crippen LogP contribution in [0.15, 0.2) is 170 Å². The standard InChI is InChI=1S/C39H31NO/c1-41-38-27-25-37(26-28-38)40(29-39(34-13-7-3-8-14-34)35-15-9-4-10-16-35)36-23-21-33(22-24-36)32-19-17-31(18-20-32)30-11-5-2-6-12-30/h2-29H,1H3. The number of benzene rings is 6. The Morgan fingerprint density at radius 3 is 1.24 bits per heavy atom. The van der Waals surface area contributed by atoms with Crippen molar-refractivity contribution in [3.8, 4) is 28.0 Å². The molecule has 0 N–H and O–H groups in total. The third-order valence-electron chi connectivity index (χ3n) is 7.25. The van der Waals surface area contributed by atoms with Gasteiger partial charge in [-0.25, -0.2) is 0 Å². The first-order chi connectivity index (χ1) is 20.3. The Bertz CT molecular complexity index is 1670. The lowest BCUT2D eigenvalue weighted by atomic mass is 9.98. The Morgan fingerprint density at radius 2 is 0.805 bits per heavy atom. The first kappa shape index (κ1) is 25.9. The van der Waals surface area contributed by atoms with Crippen molar-refractivity contribution in [3.63, 3.8) is 0 Å². The van der Waals surface area contributed by atoms with Crippen LogP contribution >= 0.6 is 0 Å². The molecule has 0 unspecified atom stereocenters. The summed E-state index contributed by atoms with van der Waals surface area (Å²) in [7, 11) is 1.70. The number of hydrogen-bond donors (Lipinski definition) is 0. The fraction of sp³-hybridized carbons (Fsp3) is 0.0256. The molecule has 0 amide bonds. The third-order valence-corrected chi connectivity index (χ3v) is 7.25. The first-order valence-corrected chi connectivity index (χ1v) is 13.8. The second-order valence-corrected chi connectivity index (χ2v) is 9.83. The summed E-state index contributed by atoms with van der Waals surface area (Å²) in [5, 5.41) is 0. The van der Waals surface area contributed by atoms with Crippen LogP contribution in [0.3, 0.4) is 0 Å². The molecule has 0 fully saturated rings. The minimum Gasteiger partial charge on any atom is -0.497 e. The van der Waals surface area contributed by atoms with Crippen molar-refractivity contribution in [2.24, 2.45) is 0 Å². The molecule has 0 saturated carbocycles. The van der Waals surface area contributed by atoms with E-state index in [0.717, 1.165) is 33.8 Å². The summed E-state index contributed by atoms with van der Waals surface area (Å²) in [5.74, 6) is 0.832. The molecule has 0 heterocycles. The first-order valence-electron chi connectivity index (χ1n) is 13.8. The quantitative estimate of drug-likeness (QED) is 0.194. The Morgan fingerprint density at radius 1 is 0.439 bits per heavy atom. The fourth-order valence-electron chi connectivity index (χ4n) is 5.02. The van der Waals surface area contributed by atoms with Gasteiger partial charge in [0.2, 0.25) is 0 Å². The smallest absolute Gasteiger partial charge is 0.119 e. The molecule has 2 heteroatoms. The maximum absolute atomic E-state index is 5.44. The Labute approximate surface area is 242 Å². The lowest BCUT2D eigenvalue weighted by molar-refractivity contribution is 0.415. The number of hydrogen-bond acceptors (Lipinski definition) is 2. The summed E-state index contributed by atoms with van der Waals surface area (Å²) in [5.41, 5.74) is 10.4. The molecule has 0 aromatic heterocycles. The molecule has 0 radical (unpaired) electrons. The highest BCUT2D eigenvalue weighted by Crippen LogP contribution is 2.34. The van der Waals surface area contributed by atoms with E-state index in [9.17, 15) is 0 Å². The zero-order chi connectivity index (χ0) is 27.9. The number of nitrogens with zero attached hydrogens (tertiary/aromatic N) is 1. The lowest BCUT2D eigenvalue weighted by Crippen LogP contribution is -2.10. The number of rotatable bonds is 8. The highest BCUT2D eigenvalue weighted by Gasteiger charge is 2.13. The largest absolute Gasteiger partial charge is 0.497 e. The van der Waals surface area contributed by atoms with Gasteiger partial charge in [-0.2, -0.15) is 0 Å². The predicted octanol–water partition coefficient (Wildman–Crippen LogP) is 10.3. The number of ether oxygens (including phenoxy) is 1. The average molecular weight is 530 g/mol. The second-order valence-electron chi connectivity index (χ2n) is 9.83. The highest BCUT2D eigenvalue weighted by atomic mass is 16.5. The molecule has 0 saturated heterocycles. The van der Waals surface area contributed by atoms with Crippen molar-refractivity contribution in [2.45, 2.75) is 0 Å². The van der Waals surface area contributed by atoms with Gasteiger partial charge < -0.3 is 9.64 Å². The van der Waals surface area contributed by atoms with E-state index in [2.05, 4.69) is 157 Å². The predicted molar refractivity (Wildman–Crippen MR) is 172 cm³/mol. The van der Waals surface area contributed by atoms with E-state index in [-0.39, 0.29) is 0 Å². The van der Waals surface area contributed by atoms with Crippen LogP contribution in [0.25, 0.3) is 27.8 Å². The molecule has 6 aromatic rings. The maximum atomic E-state index is 5.44. The summed E-state index contributed by atoms with van der Waals surface area (Å²) in [4.78, 5) is 2.25. The van der Waals surface area contributed by atoms with E-state index in [1.807, 2.05) is 18.2 Å².